The molecule has 206 valence electrons. The van der Waals surface area contributed by atoms with Gasteiger partial charge in [0.05, 0.1) is 0 Å². The molecule has 5 nitrogen and oxygen atoms in total. The predicted molar refractivity (Wildman–Crippen MR) is 149 cm³/mol. The van der Waals surface area contributed by atoms with Crippen molar-refractivity contribution in [3.8, 4) is 5.75 Å². The van der Waals surface area contributed by atoms with Crippen molar-refractivity contribution in [3.63, 3.8) is 0 Å². The fourth-order valence-electron chi connectivity index (χ4n) is 4.55. The number of rotatable bonds is 10. The Labute approximate surface area is 227 Å². The van der Waals surface area contributed by atoms with Gasteiger partial charge in [0.1, 0.15) is 5.75 Å². The Kier molecular flexibility index (Phi) is 9.79. The second-order valence-electron chi connectivity index (χ2n) is 9.83. The molecule has 1 saturated heterocycles. The van der Waals surface area contributed by atoms with Gasteiger partial charge in [-0.25, -0.2) is 0 Å². The SMILES string of the molecule is CN1CCN(CCCNC(=O)c2cccc(Cc3cccc(/C=C/c4cccc(OC(F)(F)F)c4)c3)c2)CC1. The highest BCUT2D eigenvalue weighted by atomic mass is 19.4. The summed E-state index contributed by atoms with van der Waals surface area (Å²) >= 11 is 0. The van der Waals surface area contributed by atoms with E-state index in [0.717, 1.165) is 55.8 Å². The molecule has 0 aromatic heterocycles. The Hall–Kier alpha value is -3.62. The lowest BCUT2D eigenvalue weighted by atomic mass is 10.0. The van der Waals surface area contributed by atoms with E-state index >= 15 is 0 Å². The summed E-state index contributed by atoms with van der Waals surface area (Å²) in [6.07, 6.45) is 0.453. The Morgan fingerprint density at radius 2 is 1.54 bits per heavy atom. The number of hydrogen-bond acceptors (Lipinski definition) is 4. The number of halogens is 3. The molecule has 0 spiro atoms. The van der Waals surface area contributed by atoms with Crippen LogP contribution >= 0.6 is 0 Å². The normalized spacial score (nSPS) is 15.0. The zero-order valence-corrected chi connectivity index (χ0v) is 22.1. The number of benzene rings is 3. The fraction of sp³-hybridized carbons (Fsp3) is 0.323. The van der Waals surface area contributed by atoms with E-state index in [1.807, 2.05) is 54.6 Å². The van der Waals surface area contributed by atoms with E-state index in [1.165, 1.54) is 18.2 Å². The van der Waals surface area contributed by atoms with E-state index in [4.69, 9.17) is 0 Å². The highest BCUT2D eigenvalue weighted by Crippen LogP contribution is 2.24. The van der Waals surface area contributed by atoms with Crippen molar-refractivity contribution in [2.24, 2.45) is 0 Å². The Balaban J connectivity index is 1.30. The van der Waals surface area contributed by atoms with Crippen molar-refractivity contribution in [1.29, 1.82) is 0 Å². The molecule has 0 aliphatic carbocycles. The van der Waals surface area contributed by atoms with Crippen LogP contribution in [-0.4, -0.2) is 68.4 Å². The van der Waals surface area contributed by atoms with Crippen molar-refractivity contribution < 1.29 is 22.7 Å². The van der Waals surface area contributed by atoms with Crippen molar-refractivity contribution >= 4 is 18.1 Å². The molecule has 4 rings (SSSR count). The van der Waals surface area contributed by atoms with Crippen molar-refractivity contribution in [2.75, 3.05) is 46.3 Å². The van der Waals surface area contributed by atoms with Crippen LogP contribution in [0.5, 0.6) is 5.75 Å². The van der Waals surface area contributed by atoms with Crippen LogP contribution in [0.15, 0.2) is 72.8 Å². The lowest BCUT2D eigenvalue weighted by Crippen LogP contribution is -2.45. The maximum Gasteiger partial charge on any atom is 0.573 e. The summed E-state index contributed by atoms with van der Waals surface area (Å²) in [5.74, 6) is -0.319. The molecule has 0 bridgehead atoms. The Morgan fingerprint density at radius 3 is 2.26 bits per heavy atom. The summed E-state index contributed by atoms with van der Waals surface area (Å²) < 4.78 is 41.5. The first-order valence-electron chi connectivity index (χ1n) is 13.1. The monoisotopic (exact) mass is 537 g/mol. The molecule has 1 amide bonds. The molecule has 1 N–H and O–H groups in total. The second-order valence-corrected chi connectivity index (χ2v) is 9.83. The van der Waals surface area contributed by atoms with Gasteiger partial charge in [-0.1, -0.05) is 60.7 Å². The predicted octanol–water partition coefficient (Wildman–Crippen LogP) is 5.71. The van der Waals surface area contributed by atoms with E-state index in [2.05, 4.69) is 26.9 Å². The summed E-state index contributed by atoms with van der Waals surface area (Å²) in [5, 5.41) is 3.04. The third-order valence-corrected chi connectivity index (χ3v) is 6.64. The van der Waals surface area contributed by atoms with Gasteiger partial charge in [0.25, 0.3) is 5.91 Å². The molecule has 1 aliphatic heterocycles. The molecular formula is C31H34F3N3O2. The molecule has 1 aliphatic rings. The highest BCUT2D eigenvalue weighted by Gasteiger charge is 2.31. The Morgan fingerprint density at radius 1 is 0.897 bits per heavy atom. The second kappa shape index (κ2) is 13.4. The maximum absolute atomic E-state index is 12.7. The van der Waals surface area contributed by atoms with Gasteiger partial charge in [-0.15, -0.1) is 13.2 Å². The first-order valence-corrected chi connectivity index (χ1v) is 13.1. The number of piperazine rings is 1. The first-order chi connectivity index (χ1) is 18.7. The van der Waals surface area contributed by atoms with Crippen LogP contribution in [0.4, 0.5) is 13.2 Å². The van der Waals surface area contributed by atoms with Crippen LogP contribution in [0, 0.1) is 0 Å². The molecule has 0 radical (unpaired) electrons. The largest absolute Gasteiger partial charge is 0.573 e. The van der Waals surface area contributed by atoms with Crippen LogP contribution in [0.1, 0.15) is 39.0 Å². The van der Waals surface area contributed by atoms with E-state index < -0.39 is 6.36 Å². The summed E-state index contributed by atoms with van der Waals surface area (Å²) in [6, 6.07) is 21.4. The average molecular weight is 538 g/mol. The summed E-state index contributed by atoms with van der Waals surface area (Å²) in [5.41, 5.74) is 4.26. The topological polar surface area (TPSA) is 44.8 Å². The number of likely N-dealkylation sites (N-methyl/N-ethyl adjacent to an activating group) is 1. The van der Waals surface area contributed by atoms with Gasteiger partial charge in [-0.2, -0.15) is 0 Å². The van der Waals surface area contributed by atoms with Gasteiger partial charge < -0.3 is 19.9 Å². The molecule has 0 saturated carbocycles. The standard InChI is InChI=1S/C31H34F3N3O2/c1-36-16-18-37(19-17-36)15-5-14-35-30(38)28-10-3-9-27(22-28)21-26-8-2-6-24(20-26)12-13-25-7-4-11-29(23-25)39-31(32,33)34/h2-4,6-13,20,22-23H,5,14-19,21H2,1H3,(H,35,38)/b13-12+. The molecular weight excluding hydrogens is 503 g/mol. The molecule has 1 heterocycles. The first kappa shape index (κ1) is 28.4. The van der Waals surface area contributed by atoms with Crippen LogP contribution in [0.3, 0.4) is 0 Å². The van der Waals surface area contributed by atoms with E-state index in [0.29, 0.717) is 24.1 Å². The van der Waals surface area contributed by atoms with Crippen LogP contribution in [0.2, 0.25) is 0 Å². The molecule has 3 aromatic rings. The smallest absolute Gasteiger partial charge is 0.406 e. The fourth-order valence-corrected chi connectivity index (χ4v) is 4.55. The molecule has 0 unspecified atom stereocenters. The van der Waals surface area contributed by atoms with Crippen molar-refractivity contribution in [1.82, 2.24) is 15.1 Å². The average Bonchev–Trinajstić information content (AvgIpc) is 2.90. The molecule has 39 heavy (non-hydrogen) atoms. The lowest BCUT2D eigenvalue weighted by Gasteiger charge is -2.32. The minimum Gasteiger partial charge on any atom is -0.406 e. The van der Waals surface area contributed by atoms with Crippen LogP contribution in [-0.2, 0) is 6.42 Å². The molecule has 0 atom stereocenters. The minimum absolute atomic E-state index is 0.0661. The summed E-state index contributed by atoms with van der Waals surface area (Å²) in [6.45, 7) is 5.97. The maximum atomic E-state index is 12.7. The van der Waals surface area contributed by atoms with E-state index in [1.54, 1.807) is 12.1 Å². The lowest BCUT2D eigenvalue weighted by molar-refractivity contribution is -0.274. The number of ether oxygens (including phenoxy) is 1. The molecule has 3 aromatic carbocycles. The van der Waals surface area contributed by atoms with Crippen LogP contribution < -0.4 is 10.1 Å². The van der Waals surface area contributed by atoms with E-state index in [-0.39, 0.29) is 11.7 Å². The van der Waals surface area contributed by atoms with E-state index in [9.17, 15) is 18.0 Å². The highest BCUT2D eigenvalue weighted by molar-refractivity contribution is 5.94. The van der Waals surface area contributed by atoms with Gasteiger partial charge in [-0.05, 0) is 73.0 Å². The number of hydrogen-bond donors (Lipinski definition) is 1. The van der Waals surface area contributed by atoms with Crippen LogP contribution in [0.25, 0.3) is 12.2 Å². The summed E-state index contributed by atoms with van der Waals surface area (Å²) in [4.78, 5) is 17.5. The van der Waals surface area contributed by atoms with Gasteiger partial charge in [0.15, 0.2) is 0 Å². The van der Waals surface area contributed by atoms with Crippen molar-refractivity contribution in [2.45, 2.75) is 19.2 Å². The van der Waals surface area contributed by atoms with Gasteiger partial charge in [-0.3, -0.25) is 4.79 Å². The number of amides is 1. The third kappa shape index (κ3) is 9.57. The molecule has 8 heteroatoms. The number of carbonyl (C=O) groups is 1. The number of nitrogens with zero attached hydrogens (tertiary/aromatic N) is 2. The van der Waals surface area contributed by atoms with Crippen molar-refractivity contribution in [3.05, 3.63) is 101 Å². The number of alkyl halides is 3. The number of carbonyl (C=O) groups excluding carboxylic acids is 1. The minimum atomic E-state index is -4.72. The summed E-state index contributed by atoms with van der Waals surface area (Å²) in [7, 11) is 2.14. The Bertz CT molecular complexity index is 1270. The molecule has 1 fully saturated rings. The third-order valence-electron chi connectivity index (χ3n) is 6.64. The van der Waals surface area contributed by atoms with Gasteiger partial charge >= 0.3 is 6.36 Å². The number of nitrogens with one attached hydrogen (secondary N) is 1. The zero-order chi connectivity index (χ0) is 27.7. The quantitative estimate of drug-likeness (QED) is 0.266. The van der Waals surface area contributed by atoms with Gasteiger partial charge in [0.2, 0.25) is 0 Å². The zero-order valence-electron chi connectivity index (χ0n) is 22.1. The van der Waals surface area contributed by atoms with Gasteiger partial charge in [0, 0.05) is 38.3 Å².